The van der Waals surface area contributed by atoms with Gasteiger partial charge in [-0.3, -0.25) is 9.59 Å². The lowest BCUT2D eigenvalue weighted by molar-refractivity contribution is -0.119. The number of amides is 2. The molecule has 0 spiro atoms. The quantitative estimate of drug-likeness (QED) is 0.735. The molecule has 2 aromatic carbocycles. The summed E-state index contributed by atoms with van der Waals surface area (Å²) in [5.74, 6) is 1.52. The number of imide groups is 1. The third-order valence-electron chi connectivity index (χ3n) is 5.10. The Labute approximate surface area is 153 Å². The van der Waals surface area contributed by atoms with Crippen molar-refractivity contribution in [2.75, 3.05) is 4.90 Å². The molecular weight excluding hydrogens is 326 g/mol. The molecule has 4 nitrogen and oxygen atoms in total. The molecule has 0 radical (unpaired) electrons. The van der Waals surface area contributed by atoms with Crippen LogP contribution in [0.2, 0.25) is 0 Å². The maximum atomic E-state index is 11.8. The van der Waals surface area contributed by atoms with Gasteiger partial charge in [0, 0.05) is 12.2 Å². The third kappa shape index (κ3) is 3.27. The predicted octanol–water partition coefficient (Wildman–Crippen LogP) is 4.96. The highest BCUT2D eigenvalue weighted by Gasteiger charge is 2.25. The number of carbonyl (C=O) groups excluding carboxylic acids is 2. The fourth-order valence-corrected chi connectivity index (χ4v) is 3.77. The van der Waals surface area contributed by atoms with Crippen LogP contribution < -0.4 is 9.64 Å². The van der Waals surface area contributed by atoms with Gasteiger partial charge in [0.1, 0.15) is 11.5 Å². The molecular formula is C22H21NO3. The smallest absolute Gasteiger partial charge is 0.258 e. The molecule has 26 heavy (non-hydrogen) atoms. The largest absolute Gasteiger partial charge is 0.457 e. The van der Waals surface area contributed by atoms with E-state index in [1.165, 1.54) is 49.8 Å². The molecule has 1 aliphatic heterocycles. The predicted molar refractivity (Wildman–Crippen MR) is 100 cm³/mol. The van der Waals surface area contributed by atoms with Crippen molar-refractivity contribution in [3.63, 3.8) is 0 Å². The average Bonchev–Trinajstić information content (AvgIpc) is 3.02. The van der Waals surface area contributed by atoms with E-state index in [9.17, 15) is 9.59 Å². The molecule has 2 aromatic rings. The van der Waals surface area contributed by atoms with Crippen molar-refractivity contribution < 1.29 is 14.3 Å². The van der Waals surface area contributed by atoms with Gasteiger partial charge in [-0.2, -0.15) is 0 Å². The van der Waals surface area contributed by atoms with Crippen molar-refractivity contribution in [3.05, 3.63) is 66.2 Å². The van der Waals surface area contributed by atoms with Crippen molar-refractivity contribution in [1.29, 1.82) is 0 Å². The lowest BCUT2D eigenvalue weighted by Gasteiger charge is -2.24. The SMILES string of the molecule is O=C1C=CC(=O)N1c1ccc(Oc2ccccc2C2CCCCC2)cc1. The number of para-hydroxylation sites is 1. The van der Waals surface area contributed by atoms with E-state index in [0.29, 0.717) is 17.4 Å². The average molecular weight is 347 g/mol. The van der Waals surface area contributed by atoms with Gasteiger partial charge in [0.05, 0.1) is 5.69 Å². The molecule has 4 heteroatoms. The molecule has 0 saturated heterocycles. The Balaban J connectivity index is 1.53. The highest BCUT2D eigenvalue weighted by atomic mass is 16.5. The molecule has 4 rings (SSSR count). The first kappa shape index (κ1) is 16.6. The Bertz CT molecular complexity index is 830. The van der Waals surface area contributed by atoms with E-state index < -0.39 is 0 Å². The summed E-state index contributed by atoms with van der Waals surface area (Å²) in [5, 5.41) is 0. The van der Waals surface area contributed by atoms with Crippen molar-refractivity contribution in [1.82, 2.24) is 0 Å². The number of benzene rings is 2. The summed E-state index contributed by atoms with van der Waals surface area (Å²) in [5.41, 5.74) is 1.82. The Morgan fingerprint density at radius 2 is 1.46 bits per heavy atom. The number of hydrogen-bond donors (Lipinski definition) is 0. The molecule has 0 unspecified atom stereocenters. The van der Waals surface area contributed by atoms with Crippen LogP contribution in [0.4, 0.5) is 5.69 Å². The fraction of sp³-hybridized carbons (Fsp3) is 0.273. The fourth-order valence-electron chi connectivity index (χ4n) is 3.77. The van der Waals surface area contributed by atoms with E-state index in [1.54, 1.807) is 24.3 Å². The monoisotopic (exact) mass is 347 g/mol. The maximum absolute atomic E-state index is 11.8. The highest BCUT2D eigenvalue weighted by molar-refractivity contribution is 6.28. The van der Waals surface area contributed by atoms with E-state index >= 15 is 0 Å². The number of carbonyl (C=O) groups is 2. The molecule has 0 N–H and O–H groups in total. The minimum absolute atomic E-state index is 0.314. The van der Waals surface area contributed by atoms with Crippen LogP contribution in [0.5, 0.6) is 11.5 Å². The summed E-state index contributed by atoms with van der Waals surface area (Å²) in [7, 11) is 0. The second-order valence-electron chi connectivity index (χ2n) is 6.81. The molecule has 0 atom stereocenters. The van der Waals surface area contributed by atoms with E-state index in [0.717, 1.165) is 10.6 Å². The lowest BCUT2D eigenvalue weighted by Crippen LogP contribution is -2.29. The zero-order valence-corrected chi connectivity index (χ0v) is 14.6. The van der Waals surface area contributed by atoms with E-state index in [1.807, 2.05) is 12.1 Å². The minimum atomic E-state index is -0.314. The van der Waals surface area contributed by atoms with Gasteiger partial charge in [0.25, 0.3) is 11.8 Å². The van der Waals surface area contributed by atoms with Gasteiger partial charge in [-0.1, -0.05) is 37.5 Å². The second kappa shape index (κ2) is 7.16. The number of rotatable bonds is 4. The molecule has 1 heterocycles. The topological polar surface area (TPSA) is 46.6 Å². The first-order valence-electron chi connectivity index (χ1n) is 9.15. The minimum Gasteiger partial charge on any atom is -0.457 e. The summed E-state index contributed by atoms with van der Waals surface area (Å²) in [4.78, 5) is 24.7. The van der Waals surface area contributed by atoms with Gasteiger partial charge < -0.3 is 4.74 Å². The van der Waals surface area contributed by atoms with Gasteiger partial charge in [-0.25, -0.2) is 4.90 Å². The van der Waals surface area contributed by atoms with Gasteiger partial charge in [-0.15, -0.1) is 0 Å². The number of anilines is 1. The van der Waals surface area contributed by atoms with Crippen LogP contribution in [0.25, 0.3) is 0 Å². The zero-order chi connectivity index (χ0) is 17.9. The molecule has 2 aliphatic rings. The van der Waals surface area contributed by atoms with E-state index in [4.69, 9.17) is 4.74 Å². The molecule has 1 saturated carbocycles. The van der Waals surface area contributed by atoms with Crippen LogP contribution in [0.1, 0.15) is 43.6 Å². The van der Waals surface area contributed by atoms with Gasteiger partial charge in [0.15, 0.2) is 0 Å². The lowest BCUT2D eigenvalue weighted by atomic mass is 9.84. The van der Waals surface area contributed by atoms with Crippen molar-refractivity contribution in [2.45, 2.75) is 38.0 Å². The number of hydrogen-bond acceptors (Lipinski definition) is 3. The van der Waals surface area contributed by atoms with Crippen LogP contribution in [0, 0.1) is 0 Å². The summed E-state index contributed by atoms with van der Waals surface area (Å²) < 4.78 is 6.13. The first-order chi connectivity index (χ1) is 12.7. The Kier molecular flexibility index (Phi) is 4.57. The Hall–Kier alpha value is -2.88. The highest BCUT2D eigenvalue weighted by Crippen LogP contribution is 2.39. The van der Waals surface area contributed by atoms with Crippen molar-refractivity contribution in [3.8, 4) is 11.5 Å². The number of nitrogens with zero attached hydrogens (tertiary/aromatic N) is 1. The molecule has 2 amide bonds. The second-order valence-corrected chi connectivity index (χ2v) is 6.81. The molecule has 0 bridgehead atoms. The molecule has 1 fully saturated rings. The van der Waals surface area contributed by atoms with E-state index in [2.05, 4.69) is 12.1 Å². The van der Waals surface area contributed by atoms with Crippen LogP contribution in [0.3, 0.4) is 0 Å². The zero-order valence-electron chi connectivity index (χ0n) is 14.6. The maximum Gasteiger partial charge on any atom is 0.258 e. The summed E-state index contributed by atoms with van der Waals surface area (Å²) in [6.45, 7) is 0. The molecule has 0 aromatic heterocycles. The molecule has 132 valence electrons. The summed E-state index contributed by atoms with van der Waals surface area (Å²) >= 11 is 0. The first-order valence-corrected chi connectivity index (χ1v) is 9.15. The van der Waals surface area contributed by atoms with Gasteiger partial charge >= 0.3 is 0 Å². The Morgan fingerprint density at radius 3 is 2.15 bits per heavy atom. The third-order valence-corrected chi connectivity index (χ3v) is 5.10. The van der Waals surface area contributed by atoms with Gasteiger partial charge in [0.2, 0.25) is 0 Å². The molecule has 1 aliphatic carbocycles. The summed E-state index contributed by atoms with van der Waals surface area (Å²) in [6.07, 6.45) is 8.88. The van der Waals surface area contributed by atoms with Crippen LogP contribution >= 0.6 is 0 Å². The van der Waals surface area contributed by atoms with Crippen LogP contribution in [0.15, 0.2) is 60.7 Å². The standard InChI is InChI=1S/C22H21NO3/c24-21-14-15-22(25)23(21)17-10-12-18(13-11-17)26-20-9-5-4-8-19(20)16-6-2-1-3-7-16/h4-5,8-16H,1-3,6-7H2. The van der Waals surface area contributed by atoms with E-state index in [-0.39, 0.29) is 11.8 Å². The number of ether oxygens (including phenoxy) is 1. The summed E-state index contributed by atoms with van der Waals surface area (Å²) in [6, 6.07) is 15.3. The van der Waals surface area contributed by atoms with Crippen molar-refractivity contribution in [2.24, 2.45) is 0 Å². The van der Waals surface area contributed by atoms with Crippen molar-refractivity contribution >= 4 is 17.5 Å². The van der Waals surface area contributed by atoms with Gasteiger partial charge in [-0.05, 0) is 54.7 Å². The van der Waals surface area contributed by atoms with Crippen LogP contribution in [-0.4, -0.2) is 11.8 Å². The van der Waals surface area contributed by atoms with Crippen LogP contribution in [-0.2, 0) is 9.59 Å². The Morgan fingerprint density at radius 1 is 0.808 bits per heavy atom. The normalized spacial score (nSPS) is 17.8.